The largest absolute Gasteiger partial charge is 0.305 e. The molecule has 0 saturated heterocycles. The second-order valence-electron chi connectivity index (χ2n) is 3.02. The predicted octanol–water partition coefficient (Wildman–Crippen LogP) is 1.47. The first kappa shape index (κ1) is 7.98. The summed E-state index contributed by atoms with van der Waals surface area (Å²) in [5, 5.41) is -0.706. The maximum absolute atomic E-state index is 12.2. The van der Waals surface area contributed by atoms with Crippen molar-refractivity contribution in [2.75, 3.05) is 0 Å². The molecule has 0 radical (unpaired) electrons. The van der Waals surface area contributed by atoms with Crippen LogP contribution in [0.1, 0.15) is 26.2 Å². The topological polar surface area (TPSA) is 34.1 Å². The monoisotopic (exact) mass is 166 g/mol. The van der Waals surface area contributed by atoms with Crippen molar-refractivity contribution in [2.24, 2.45) is 5.92 Å². The molecule has 10 heavy (non-hydrogen) atoms. The van der Waals surface area contributed by atoms with Crippen LogP contribution in [0.15, 0.2) is 0 Å². The third-order valence-electron chi connectivity index (χ3n) is 2.04. The van der Waals surface area contributed by atoms with Gasteiger partial charge in [-0.05, 0) is 25.2 Å². The summed E-state index contributed by atoms with van der Waals surface area (Å²) in [4.78, 5) is 0. The van der Waals surface area contributed by atoms with Gasteiger partial charge in [0.15, 0.2) is 0 Å². The van der Waals surface area contributed by atoms with Gasteiger partial charge in [-0.25, -0.2) is 0 Å². The van der Waals surface area contributed by atoms with Crippen molar-refractivity contribution in [1.29, 1.82) is 0 Å². The summed E-state index contributed by atoms with van der Waals surface area (Å²) < 4.78 is 32.9. The standard InChI is InChI=1S/C6H11FO2S/c1-5-2-3-6(4-5)10(7,8)9/h5-6H,2-4H2,1H3. The van der Waals surface area contributed by atoms with E-state index in [9.17, 15) is 12.3 Å². The van der Waals surface area contributed by atoms with Crippen LogP contribution in [0.2, 0.25) is 0 Å². The van der Waals surface area contributed by atoms with Gasteiger partial charge in [0.2, 0.25) is 0 Å². The van der Waals surface area contributed by atoms with Crippen LogP contribution >= 0.6 is 0 Å². The minimum atomic E-state index is -4.24. The van der Waals surface area contributed by atoms with E-state index in [1.807, 2.05) is 6.92 Å². The number of halogens is 1. The zero-order chi connectivity index (χ0) is 7.78. The van der Waals surface area contributed by atoms with Gasteiger partial charge in [0.05, 0.1) is 5.25 Å². The van der Waals surface area contributed by atoms with E-state index in [0.29, 0.717) is 18.8 Å². The van der Waals surface area contributed by atoms with Crippen molar-refractivity contribution < 1.29 is 12.3 Å². The van der Waals surface area contributed by atoms with Gasteiger partial charge < -0.3 is 0 Å². The van der Waals surface area contributed by atoms with E-state index in [1.54, 1.807) is 0 Å². The molecule has 0 aromatic carbocycles. The van der Waals surface area contributed by atoms with Crippen LogP contribution in [-0.2, 0) is 10.2 Å². The lowest BCUT2D eigenvalue weighted by molar-refractivity contribution is 0.529. The summed E-state index contributed by atoms with van der Waals surface area (Å²) in [5.41, 5.74) is 0. The molecule has 0 spiro atoms. The van der Waals surface area contributed by atoms with E-state index in [1.165, 1.54) is 0 Å². The molecular weight excluding hydrogens is 155 g/mol. The minimum absolute atomic E-state index is 0.371. The molecule has 0 N–H and O–H groups in total. The normalized spacial score (nSPS) is 34.6. The maximum atomic E-state index is 12.2. The molecule has 1 aliphatic rings. The second-order valence-corrected chi connectivity index (χ2v) is 4.63. The molecule has 4 heteroatoms. The van der Waals surface area contributed by atoms with Gasteiger partial charge in [-0.1, -0.05) is 6.92 Å². The summed E-state index contributed by atoms with van der Waals surface area (Å²) in [6, 6.07) is 0. The van der Waals surface area contributed by atoms with E-state index in [2.05, 4.69) is 0 Å². The highest BCUT2D eigenvalue weighted by Crippen LogP contribution is 2.30. The van der Waals surface area contributed by atoms with Crippen molar-refractivity contribution in [3.63, 3.8) is 0 Å². The SMILES string of the molecule is CC1CCC(S(=O)(=O)F)C1. The fraction of sp³-hybridized carbons (Fsp3) is 1.00. The van der Waals surface area contributed by atoms with Gasteiger partial charge in [0.25, 0.3) is 0 Å². The highest BCUT2D eigenvalue weighted by Gasteiger charge is 2.31. The molecular formula is C6H11FO2S. The van der Waals surface area contributed by atoms with Crippen LogP contribution in [0.4, 0.5) is 3.89 Å². The molecule has 1 aliphatic carbocycles. The van der Waals surface area contributed by atoms with E-state index >= 15 is 0 Å². The fourth-order valence-corrected chi connectivity index (χ4v) is 2.39. The van der Waals surface area contributed by atoms with Crippen molar-refractivity contribution in [2.45, 2.75) is 31.4 Å². The molecule has 2 atom stereocenters. The van der Waals surface area contributed by atoms with Gasteiger partial charge in [0, 0.05) is 0 Å². The van der Waals surface area contributed by atoms with Gasteiger partial charge in [-0.3, -0.25) is 0 Å². The molecule has 1 fully saturated rings. The lowest BCUT2D eigenvalue weighted by Crippen LogP contribution is -2.12. The second kappa shape index (κ2) is 2.49. The molecule has 1 rings (SSSR count). The third-order valence-corrected chi connectivity index (χ3v) is 3.27. The van der Waals surface area contributed by atoms with Crippen LogP contribution < -0.4 is 0 Å². The van der Waals surface area contributed by atoms with Gasteiger partial charge in [-0.2, -0.15) is 8.42 Å². The molecule has 2 unspecified atom stereocenters. The number of rotatable bonds is 1. The lowest BCUT2D eigenvalue weighted by atomic mass is 10.1. The zero-order valence-corrected chi connectivity index (χ0v) is 6.70. The summed E-state index contributed by atoms with van der Waals surface area (Å²) in [7, 11) is -4.24. The van der Waals surface area contributed by atoms with E-state index in [0.717, 1.165) is 6.42 Å². The van der Waals surface area contributed by atoms with Gasteiger partial charge >= 0.3 is 10.2 Å². The quantitative estimate of drug-likeness (QED) is 0.553. The smallest absolute Gasteiger partial charge is 0.195 e. The van der Waals surface area contributed by atoms with E-state index < -0.39 is 15.5 Å². The van der Waals surface area contributed by atoms with Crippen LogP contribution in [0, 0.1) is 5.92 Å². The Morgan fingerprint density at radius 1 is 1.40 bits per heavy atom. The fourth-order valence-electron chi connectivity index (χ4n) is 1.41. The van der Waals surface area contributed by atoms with Crippen LogP contribution in [0.5, 0.6) is 0 Å². The van der Waals surface area contributed by atoms with Crippen molar-refractivity contribution >= 4 is 10.2 Å². The third kappa shape index (κ3) is 1.68. The average molecular weight is 166 g/mol. The highest BCUT2D eigenvalue weighted by molar-refractivity contribution is 7.87. The molecule has 0 bridgehead atoms. The van der Waals surface area contributed by atoms with E-state index in [4.69, 9.17) is 0 Å². The Hall–Kier alpha value is -0.120. The van der Waals surface area contributed by atoms with Crippen LogP contribution in [0.3, 0.4) is 0 Å². The Morgan fingerprint density at radius 2 is 2.00 bits per heavy atom. The first-order valence-corrected chi connectivity index (χ1v) is 4.88. The average Bonchev–Trinajstić information content (AvgIpc) is 2.11. The Balaban J connectivity index is 2.62. The maximum Gasteiger partial charge on any atom is 0.305 e. The molecule has 0 heterocycles. The predicted molar refractivity (Wildman–Crippen MR) is 36.8 cm³/mol. The molecule has 0 aromatic heterocycles. The molecule has 0 aliphatic heterocycles. The zero-order valence-electron chi connectivity index (χ0n) is 5.88. The van der Waals surface area contributed by atoms with Crippen molar-refractivity contribution in [1.82, 2.24) is 0 Å². The Morgan fingerprint density at radius 3 is 2.20 bits per heavy atom. The van der Waals surface area contributed by atoms with Crippen LogP contribution in [0.25, 0.3) is 0 Å². The highest BCUT2D eigenvalue weighted by atomic mass is 32.3. The first-order chi connectivity index (χ1) is 4.50. The molecule has 1 saturated carbocycles. The summed E-state index contributed by atoms with van der Waals surface area (Å²) in [6.45, 7) is 1.95. The van der Waals surface area contributed by atoms with Crippen molar-refractivity contribution in [3.05, 3.63) is 0 Å². The first-order valence-electron chi connectivity index (χ1n) is 3.43. The molecule has 0 amide bonds. The summed E-state index contributed by atoms with van der Waals surface area (Å²) >= 11 is 0. The summed E-state index contributed by atoms with van der Waals surface area (Å²) in [6.07, 6.45) is 1.84. The minimum Gasteiger partial charge on any atom is -0.195 e. The molecule has 60 valence electrons. The van der Waals surface area contributed by atoms with Crippen LogP contribution in [-0.4, -0.2) is 13.7 Å². The Labute approximate surface area is 60.6 Å². The number of hydrogen-bond acceptors (Lipinski definition) is 2. The Bertz CT molecular complexity index is 210. The number of hydrogen-bond donors (Lipinski definition) is 0. The van der Waals surface area contributed by atoms with E-state index in [-0.39, 0.29) is 0 Å². The summed E-state index contributed by atoms with van der Waals surface area (Å²) in [5.74, 6) is 0.371. The van der Waals surface area contributed by atoms with Crippen molar-refractivity contribution in [3.8, 4) is 0 Å². The van der Waals surface area contributed by atoms with Gasteiger partial charge in [0.1, 0.15) is 0 Å². The molecule has 0 aromatic rings. The van der Waals surface area contributed by atoms with Gasteiger partial charge in [-0.15, -0.1) is 3.89 Å². The lowest BCUT2D eigenvalue weighted by Gasteiger charge is -2.01. The molecule has 2 nitrogen and oxygen atoms in total. The Kier molecular flexibility index (Phi) is 1.99.